The van der Waals surface area contributed by atoms with Crippen molar-refractivity contribution >= 4 is 37.5 Å². The fourth-order valence-corrected chi connectivity index (χ4v) is 6.18. The van der Waals surface area contributed by atoms with Crippen LogP contribution in [0.5, 0.6) is 5.75 Å². The van der Waals surface area contributed by atoms with Crippen molar-refractivity contribution in [1.82, 2.24) is 4.31 Å². The van der Waals surface area contributed by atoms with Crippen molar-refractivity contribution in [3.8, 4) is 5.75 Å². The molecule has 1 saturated carbocycles. The Bertz CT molecular complexity index is 1040. The SMILES string of the molecule is Cc1cc(Br)cc(C)c1OC(C)C(=O)Nc1ccc(S(=O)(=O)N(C)C2CCCCC2)cc1. The topological polar surface area (TPSA) is 75.7 Å². The lowest BCUT2D eigenvalue weighted by Gasteiger charge is -2.30. The maximum atomic E-state index is 13.0. The number of benzene rings is 2. The zero-order valence-electron chi connectivity index (χ0n) is 19.0. The largest absolute Gasteiger partial charge is 0.480 e. The molecule has 32 heavy (non-hydrogen) atoms. The minimum atomic E-state index is -3.56. The predicted octanol–water partition coefficient (Wildman–Crippen LogP) is 5.43. The molecule has 0 aromatic heterocycles. The summed E-state index contributed by atoms with van der Waals surface area (Å²) in [5.74, 6) is 0.379. The highest BCUT2D eigenvalue weighted by atomic mass is 79.9. The first-order chi connectivity index (χ1) is 15.1. The van der Waals surface area contributed by atoms with Crippen molar-refractivity contribution in [2.75, 3.05) is 12.4 Å². The summed E-state index contributed by atoms with van der Waals surface area (Å²) in [5.41, 5.74) is 2.40. The smallest absolute Gasteiger partial charge is 0.265 e. The highest BCUT2D eigenvalue weighted by Gasteiger charge is 2.29. The summed E-state index contributed by atoms with van der Waals surface area (Å²) in [5, 5.41) is 2.80. The van der Waals surface area contributed by atoms with E-state index in [2.05, 4.69) is 21.2 Å². The monoisotopic (exact) mass is 522 g/mol. The number of ether oxygens (including phenoxy) is 1. The minimum Gasteiger partial charge on any atom is -0.480 e. The number of nitrogens with zero attached hydrogens (tertiary/aromatic N) is 1. The summed E-state index contributed by atoms with van der Waals surface area (Å²) < 4.78 is 34.3. The molecule has 0 saturated heterocycles. The first-order valence-corrected chi connectivity index (χ1v) is 13.2. The molecule has 1 fully saturated rings. The molecule has 6 nitrogen and oxygen atoms in total. The second kappa shape index (κ2) is 10.4. The lowest BCUT2D eigenvalue weighted by Crippen LogP contribution is -2.38. The van der Waals surface area contributed by atoms with Crippen molar-refractivity contribution in [2.45, 2.75) is 69.9 Å². The van der Waals surface area contributed by atoms with Crippen molar-refractivity contribution in [3.05, 3.63) is 52.0 Å². The number of sulfonamides is 1. The molecule has 3 rings (SSSR count). The van der Waals surface area contributed by atoms with Gasteiger partial charge < -0.3 is 10.1 Å². The van der Waals surface area contributed by atoms with Gasteiger partial charge in [0.2, 0.25) is 10.0 Å². The third-order valence-corrected chi connectivity index (χ3v) is 8.36. The molecule has 8 heteroatoms. The number of hydrogen-bond donors (Lipinski definition) is 1. The quantitative estimate of drug-likeness (QED) is 0.526. The van der Waals surface area contributed by atoms with Gasteiger partial charge in [0.25, 0.3) is 5.91 Å². The number of hydrogen-bond acceptors (Lipinski definition) is 4. The summed E-state index contributed by atoms with van der Waals surface area (Å²) in [4.78, 5) is 12.9. The van der Waals surface area contributed by atoms with Crippen molar-refractivity contribution < 1.29 is 17.9 Å². The van der Waals surface area contributed by atoms with E-state index in [1.54, 1.807) is 38.2 Å². The van der Waals surface area contributed by atoms with E-state index in [4.69, 9.17) is 4.74 Å². The Kier molecular flexibility index (Phi) is 8.01. The third-order valence-electron chi connectivity index (χ3n) is 5.98. The Morgan fingerprint density at radius 2 is 1.66 bits per heavy atom. The second-order valence-electron chi connectivity index (χ2n) is 8.46. The Morgan fingerprint density at radius 1 is 1.09 bits per heavy atom. The standard InChI is InChI=1S/C24H31BrN2O4S/c1-16-14-19(25)15-17(2)23(16)31-18(3)24(28)26-20-10-12-22(13-11-20)32(29,30)27(4)21-8-6-5-7-9-21/h10-15,18,21H,5-9H2,1-4H3,(H,26,28). The van der Waals surface area contributed by atoms with Gasteiger partial charge in [-0.15, -0.1) is 0 Å². The molecule has 1 unspecified atom stereocenters. The molecule has 2 aromatic carbocycles. The van der Waals surface area contributed by atoms with Gasteiger partial charge in [0, 0.05) is 23.2 Å². The molecule has 0 aliphatic heterocycles. The fraction of sp³-hybridized carbons (Fsp3) is 0.458. The summed E-state index contributed by atoms with van der Waals surface area (Å²) in [7, 11) is -1.90. The van der Waals surface area contributed by atoms with Crippen LogP contribution in [0.1, 0.15) is 50.2 Å². The molecule has 2 aromatic rings. The number of carbonyl (C=O) groups excluding carboxylic acids is 1. The molecule has 0 radical (unpaired) electrons. The van der Waals surface area contributed by atoms with Crippen LogP contribution in [0.4, 0.5) is 5.69 Å². The number of amides is 1. The van der Waals surface area contributed by atoms with Crippen LogP contribution < -0.4 is 10.1 Å². The van der Waals surface area contributed by atoms with Gasteiger partial charge in [-0.3, -0.25) is 4.79 Å². The van der Waals surface area contributed by atoms with Crippen LogP contribution in [0.2, 0.25) is 0 Å². The van der Waals surface area contributed by atoms with Gasteiger partial charge in [-0.1, -0.05) is 35.2 Å². The number of anilines is 1. The van der Waals surface area contributed by atoms with Gasteiger partial charge in [-0.05, 0) is 81.1 Å². The molecular formula is C24H31BrN2O4S. The molecule has 0 bridgehead atoms. The average Bonchev–Trinajstić information content (AvgIpc) is 2.76. The van der Waals surface area contributed by atoms with E-state index in [1.807, 2.05) is 26.0 Å². The van der Waals surface area contributed by atoms with Crippen LogP contribution in [0.25, 0.3) is 0 Å². The first-order valence-electron chi connectivity index (χ1n) is 10.9. The average molecular weight is 523 g/mol. The van der Waals surface area contributed by atoms with Crippen molar-refractivity contribution in [2.24, 2.45) is 0 Å². The van der Waals surface area contributed by atoms with Gasteiger partial charge in [0.1, 0.15) is 5.75 Å². The molecule has 1 aliphatic rings. The zero-order chi connectivity index (χ0) is 23.5. The number of halogens is 1. The van der Waals surface area contributed by atoms with Gasteiger partial charge in [-0.25, -0.2) is 8.42 Å². The van der Waals surface area contributed by atoms with E-state index in [0.29, 0.717) is 11.4 Å². The van der Waals surface area contributed by atoms with Crippen molar-refractivity contribution in [3.63, 3.8) is 0 Å². The zero-order valence-corrected chi connectivity index (χ0v) is 21.4. The van der Waals surface area contributed by atoms with E-state index in [9.17, 15) is 13.2 Å². The third kappa shape index (κ3) is 5.71. The molecule has 0 heterocycles. The molecule has 0 spiro atoms. The summed E-state index contributed by atoms with van der Waals surface area (Å²) in [6.07, 6.45) is 4.39. The lowest BCUT2D eigenvalue weighted by molar-refractivity contribution is -0.122. The maximum Gasteiger partial charge on any atom is 0.265 e. The fourth-order valence-electron chi connectivity index (χ4n) is 4.07. The molecule has 1 atom stereocenters. The van der Waals surface area contributed by atoms with Crippen LogP contribution in [-0.2, 0) is 14.8 Å². The van der Waals surface area contributed by atoms with Gasteiger partial charge >= 0.3 is 0 Å². The summed E-state index contributed by atoms with van der Waals surface area (Å²) in [6, 6.07) is 10.2. The van der Waals surface area contributed by atoms with Crippen molar-refractivity contribution in [1.29, 1.82) is 0 Å². The van der Waals surface area contributed by atoms with E-state index >= 15 is 0 Å². The van der Waals surface area contributed by atoms with Gasteiger partial charge in [0.05, 0.1) is 4.90 Å². The lowest BCUT2D eigenvalue weighted by atomic mass is 9.96. The Balaban J connectivity index is 1.65. The van der Waals surface area contributed by atoms with E-state index in [-0.39, 0.29) is 16.8 Å². The summed E-state index contributed by atoms with van der Waals surface area (Å²) in [6.45, 7) is 5.55. The van der Waals surface area contributed by atoms with Gasteiger partial charge in [0.15, 0.2) is 6.10 Å². The van der Waals surface area contributed by atoms with Crippen LogP contribution in [0, 0.1) is 13.8 Å². The number of aryl methyl sites for hydroxylation is 2. The van der Waals surface area contributed by atoms with Crippen LogP contribution in [-0.4, -0.2) is 37.8 Å². The Morgan fingerprint density at radius 3 is 2.22 bits per heavy atom. The normalized spacial score (nSPS) is 16.1. The molecule has 1 amide bonds. The van der Waals surface area contributed by atoms with Crippen LogP contribution >= 0.6 is 15.9 Å². The number of nitrogens with one attached hydrogen (secondary N) is 1. The number of rotatable bonds is 7. The second-order valence-corrected chi connectivity index (χ2v) is 11.4. The molecule has 174 valence electrons. The highest BCUT2D eigenvalue weighted by molar-refractivity contribution is 9.10. The van der Waals surface area contributed by atoms with Gasteiger partial charge in [-0.2, -0.15) is 4.31 Å². The molecular weight excluding hydrogens is 492 g/mol. The molecule has 1 aliphatic carbocycles. The summed E-state index contributed by atoms with van der Waals surface area (Å²) >= 11 is 3.46. The number of carbonyl (C=O) groups is 1. The highest BCUT2D eigenvalue weighted by Crippen LogP contribution is 2.29. The Hall–Kier alpha value is -1.90. The van der Waals surface area contributed by atoms with Crippen LogP contribution in [0.15, 0.2) is 45.8 Å². The first kappa shape index (κ1) is 24.7. The predicted molar refractivity (Wildman–Crippen MR) is 131 cm³/mol. The maximum absolute atomic E-state index is 13.0. The van der Waals surface area contributed by atoms with E-state index in [1.165, 1.54) is 10.7 Å². The van der Waals surface area contributed by atoms with E-state index < -0.39 is 16.1 Å². The molecule has 1 N–H and O–H groups in total. The van der Waals surface area contributed by atoms with E-state index in [0.717, 1.165) is 41.3 Å². The van der Waals surface area contributed by atoms with Crippen LogP contribution in [0.3, 0.4) is 0 Å². The minimum absolute atomic E-state index is 0.0525. The Labute approximate surface area is 199 Å².